The van der Waals surface area contributed by atoms with E-state index >= 15 is 0 Å². The van der Waals surface area contributed by atoms with Gasteiger partial charge >= 0.3 is 0 Å². The van der Waals surface area contributed by atoms with Crippen molar-refractivity contribution in [2.45, 2.75) is 20.4 Å². The van der Waals surface area contributed by atoms with Crippen LogP contribution >= 0.6 is 0 Å². The van der Waals surface area contributed by atoms with Crippen molar-refractivity contribution in [1.29, 1.82) is 0 Å². The second-order valence-corrected chi connectivity index (χ2v) is 4.30. The standard InChI is InChI=1S/C15H20N4/c1-3-17-15-11-14(7-10-18-15)19(4-2)12-13-5-8-16-9-6-13/h5-11H,3-4,12H2,1-2H3,(H,17,18). The van der Waals surface area contributed by atoms with E-state index in [9.17, 15) is 0 Å². The highest BCUT2D eigenvalue weighted by Crippen LogP contribution is 2.19. The molecule has 2 rings (SSSR count). The van der Waals surface area contributed by atoms with Crippen molar-refractivity contribution < 1.29 is 0 Å². The van der Waals surface area contributed by atoms with Crippen LogP contribution in [0.1, 0.15) is 19.4 Å². The first kappa shape index (κ1) is 13.3. The average Bonchev–Trinajstić information content (AvgIpc) is 2.46. The normalized spacial score (nSPS) is 10.2. The van der Waals surface area contributed by atoms with E-state index in [1.807, 2.05) is 24.7 Å². The highest BCUT2D eigenvalue weighted by atomic mass is 15.1. The average molecular weight is 256 g/mol. The van der Waals surface area contributed by atoms with Crippen molar-refractivity contribution in [3.63, 3.8) is 0 Å². The fourth-order valence-corrected chi connectivity index (χ4v) is 1.99. The van der Waals surface area contributed by atoms with Gasteiger partial charge in [0.2, 0.25) is 0 Å². The lowest BCUT2D eigenvalue weighted by molar-refractivity contribution is 0.829. The number of anilines is 2. The van der Waals surface area contributed by atoms with E-state index in [1.165, 1.54) is 11.3 Å². The SMILES string of the molecule is CCNc1cc(N(CC)Cc2ccncc2)ccn1. The molecular formula is C15H20N4. The topological polar surface area (TPSA) is 41.0 Å². The van der Waals surface area contributed by atoms with E-state index in [2.05, 4.69) is 52.2 Å². The molecule has 1 N–H and O–H groups in total. The van der Waals surface area contributed by atoms with Gasteiger partial charge in [0.1, 0.15) is 5.82 Å². The van der Waals surface area contributed by atoms with Crippen LogP contribution in [0.3, 0.4) is 0 Å². The number of nitrogens with zero attached hydrogens (tertiary/aromatic N) is 3. The Morgan fingerprint density at radius 1 is 1.11 bits per heavy atom. The molecule has 0 radical (unpaired) electrons. The third kappa shape index (κ3) is 3.68. The van der Waals surface area contributed by atoms with Crippen LogP contribution in [0.25, 0.3) is 0 Å². The number of hydrogen-bond acceptors (Lipinski definition) is 4. The first-order valence-corrected chi connectivity index (χ1v) is 6.67. The summed E-state index contributed by atoms with van der Waals surface area (Å²) in [5.74, 6) is 0.924. The van der Waals surface area contributed by atoms with Crippen molar-refractivity contribution in [3.05, 3.63) is 48.4 Å². The number of rotatable bonds is 6. The zero-order valence-electron chi connectivity index (χ0n) is 11.5. The fourth-order valence-electron chi connectivity index (χ4n) is 1.99. The summed E-state index contributed by atoms with van der Waals surface area (Å²) in [6.07, 6.45) is 5.52. The lowest BCUT2D eigenvalue weighted by Crippen LogP contribution is -2.22. The van der Waals surface area contributed by atoms with Gasteiger partial charge in [-0.15, -0.1) is 0 Å². The molecule has 0 spiro atoms. The molecule has 0 aliphatic heterocycles. The molecular weight excluding hydrogens is 236 g/mol. The molecule has 0 saturated heterocycles. The molecule has 0 aromatic carbocycles. The maximum atomic E-state index is 4.31. The Bertz CT molecular complexity index is 499. The fraction of sp³-hybridized carbons (Fsp3) is 0.333. The predicted molar refractivity (Wildman–Crippen MR) is 79.4 cm³/mol. The van der Waals surface area contributed by atoms with Crippen LogP contribution in [0.4, 0.5) is 11.5 Å². The van der Waals surface area contributed by atoms with Gasteiger partial charge in [0.05, 0.1) is 0 Å². The third-order valence-corrected chi connectivity index (χ3v) is 2.97. The Hall–Kier alpha value is -2.10. The number of hydrogen-bond donors (Lipinski definition) is 1. The van der Waals surface area contributed by atoms with Gasteiger partial charge in [-0.2, -0.15) is 0 Å². The molecule has 0 amide bonds. The van der Waals surface area contributed by atoms with Crippen LogP contribution in [-0.4, -0.2) is 23.1 Å². The summed E-state index contributed by atoms with van der Waals surface area (Å²) < 4.78 is 0. The lowest BCUT2D eigenvalue weighted by Gasteiger charge is -2.23. The van der Waals surface area contributed by atoms with Crippen molar-refractivity contribution in [2.75, 3.05) is 23.3 Å². The highest BCUT2D eigenvalue weighted by molar-refractivity contribution is 5.54. The van der Waals surface area contributed by atoms with Crippen molar-refractivity contribution in [1.82, 2.24) is 9.97 Å². The minimum atomic E-state index is 0.882. The number of pyridine rings is 2. The van der Waals surface area contributed by atoms with E-state index in [4.69, 9.17) is 0 Å². The zero-order chi connectivity index (χ0) is 13.5. The maximum Gasteiger partial charge on any atom is 0.127 e. The van der Waals surface area contributed by atoms with E-state index in [-0.39, 0.29) is 0 Å². The first-order valence-electron chi connectivity index (χ1n) is 6.67. The molecule has 100 valence electrons. The monoisotopic (exact) mass is 256 g/mol. The second-order valence-electron chi connectivity index (χ2n) is 4.30. The lowest BCUT2D eigenvalue weighted by atomic mass is 10.2. The third-order valence-electron chi connectivity index (χ3n) is 2.97. The van der Waals surface area contributed by atoms with Crippen LogP contribution in [0.2, 0.25) is 0 Å². The van der Waals surface area contributed by atoms with Gasteiger partial charge in [0.15, 0.2) is 0 Å². The first-order chi connectivity index (χ1) is 9.33. The molecule has 4 heteroatoms. The molecule has 4 nitrogen and oxygen atoms in total. The molecule has 0 aliphatic rings. The van der Waals surface area contributed by atoms with Crippen molar-refractivity contribution in [3.8, 4) is 0 Å². The van der Waals surface area contributed by atoms with Crippen LogP contribution in [0.5, 0.6) is 0 Å². The summed E-state index contributed by atoms with van der Waals surface area (Å²) in [4.78, 5) is 10.7. The summed E-state index contributed by atoms with van der Waals surface area (Å²) in [5, 5.41) is 3.24. The Kier molecular flexibility index (Phi) is 4.72. The largest absolute Gasteiger partial charge is 0.370 e. The molecule has 0 aliphatic carbocycles. The molecule has 0 atom stereocenters. The van der Waals surface area contributed by atoms with E-state index in [0.29, 0.717) is 0 Å². The molecule has 2 aromatic heterocycles. The van der Waals surface area contributed by atoms with E-state index in [1.54, 1.807) is 0 Å². The Morgan fingerprint density at radius 2 is 1.89 bits per heavy atom. The van der Waals surface area contributed by atoms with Gasteiger partial charge in [-0.3, -0.25) is 4.98 Å². The maximum absolute atomic E-state index is 4.31. The summed E-state index contributed by atoms with van der Waals surface area (Å²) in [5.41, 5.74) is 2.45. The molecule has 2 aromatic rings. The van der Waals surface area contributed by atoms with Gasteiger partial charge in [0.25, 0.3) is 0 Å². The van der Waals surface area contributed by atoms with Gasteiger partial charge < -0.3 is 10.2 Å². The van der Waals surface area contributed by atoms with Gasteiger partial charge in [-0.25, -0.2) is 4.98 Å². The van der Waals surface area contributed by atoms with Gasteiger partial charge in [-0.1, -0.05) is 0 Å². The van der Waals surface area contributed by atoms with Gasteiger partial charge in [-0.05, 0) is 37.6 Å². The van der Waals surface area contributed by atoms with Crippen LogP contribution in [-0.2, 0) is 6.54 Å². The van der Waals surface area contributed by atoms with E-state index < -0.39 is 0 Å². The molecule has 0 saturated carbocycles. The van der Waals surface area contributed by atoms with E-state index in [0.717, 1.165) is 25.5 Å². The summed E-state index contributed by atoms with van der Waals surface area (Å²) >= 11 is 0. The molecule has 0 bridgehead atoms. The van der Waals surface area contributed by atoms with Gasteiger partial charge in [0, 0.05) is 50.0 Å². The molecule has 0 unspecified atom stereocenters. The Morgan fingerprint density at radius 3 is 2.58 bits per heavy atom. The van der Waals surface area contributed by atoms with Crippen LogP contribution in [0, 0.1) is 0 Å². The smallest absolute Gasteiger partial charge is 0.127 e. The number of aromatic nitrogens is 2. The van der Waals surface area contributed by atoms with Crippen molar-refractivity contribution >= 4 is 11.5 Å². The summed E-state index contributed by atoms with van der Waals surface area (Å²) in [7, 11) is 0. The quantitative estimate of drug-likeness (QED) is 0.862. The highest BCUT2D eigenvalue weighted by Gasteiger charge is 2.06. The summed E-state index contributed by atoms with van der Waals surface area (Å²) in [6, 6.07) is 8.24. The van der Waals surface area contributed by atoms with Crippen molar-refractivity contribution in [2.24, 2.45) is 0 Å². The predicted octanol–water partition coefficient (Wildman–Crippen LogP) is 2.93. The molecule has 0 fully saturated rings. The summed E-state index contributed by atoms with van der Waals surface area (Å²) in [6.45, 7) is 6.96. The Balaban J connectivity index is 2.15. The molecule has 2 heterocycles. The Labute approximate surface area is 114 Å². The minimum Gasteiger partial charge on any atom is -0.370 e. The second kappa shape index (κ2) is 6.73. The number of nitrogens with one attached hydrogen (secondary N) is 1. The zero-order valence-corrected chi connectivity index (χ0v) is 11.5. The minimum absolute atomic E-state index is 0.882. The van der Waals surface area contributed by atoms with Crippen LogP contribution < -0.4 is 10.2 Å². The molecule has 19 heavy (non-hydrogen) atoms. The van der Waals surface area contributed by atoms with Crippen LogP contribution in [0.15, 0.2) is 42.9 Å².